The molecule has 0 amide bonds. The van der Waals surface area contributed by atoms with Crippen molar-refractivity contribution in [2.24, 2.45) is 5.73 Å². The Bertz CT molecular complexity index is 662. The maximum atomic E-state index is 13.2. The predicted molar refractivity (Wildman–Crippen MR) is 77.8 cm³/mol. The van der Waals surface area contributed by atoms with Crippen molar-refractivity contribution in [2.45, 2.75) is 18.6 Å². The van der Waals surface area contributed by atoms with Crippen molar-refractivity contribution in [3.63, 3.8) is 0 Å². The normalized spacial score (nSPS) is 21.2. The van der Waals surface area contributed by atoms with E-state index in [0.29, 0.717) is 27.8 Å². The van der Waals surface area contributed by atoms with Crippen LogP contribution in [0.4, 0.5) is 4.39 Å². The van der Waals surface area contributed by atoms with E-state index in [9.17, 15) is 4.39 Å². The Hall–Kier alpha value is -1.29. The number of nitrogens with two attached hydrogens (primary N) is 1. The summed E-state index contributed by atoms with van der Waals surface area (Å²) in [6.45, 7) is 0. The van der Waals surface area contributed by atoms with Gasteiger partial charge in [0, 0.05) is 18.0 Å². The number of rotatable bonds is 1. The van der Waals surface area contributed by atoms with Gasteiger partial charge in [0.1, 0.15) is 17.7 Å². The van der Waals surface area contributed by atoms with Crippen LogP contribution >= 0.6 is 23.2 Å². The minimum Gasteiger partial charge on any atom is -0.485 e. The zero-order chi connectivity index (χ0) is 14.3. The average Bonchev–Trinajstić information content (AvgIpc) is 2.42. The van der Waals surface area contributed by atoms with E-state index >= 15 is 0 Å². The van der Waals surface area contributed by atoms with E-state index in [1.165, 1.54) is 12.1 Å². The first-order chi connectivity index (χ1) is 9.54. The number of benzene rings is 2. The fraction of sp³-hybridized carbons (Fsp3) is 0.200. The second-order valence-corrected chi connectivity index (χ2v) is 5.62. The molecule has 0 saturated carbocycles. The van der Waals surface area contributed by atoms with Gasteiger partial charge in [0.2, 0.25) is 0 Å². The van der Waals surface area contributed by atoms with Crippen molar-refractivity contribution in [3.05, 3.63) is 63.4 Å². The van der Waals surface area contributed by atoms with E-state index in [4.69, 9.17) is 33.7 Å². The van der Waals surface area contributed by atoms with Gasteiger partial charge < -0.3 is 10.5 Å². The summed E-state index contributed by atoms with van der Waals surface area (Å²) < 4.78 is 19.1. The third-order valence-electron chi connectivity index (χ3n) is 3.42. The number of fused-ring (bicyclic) bond motifs is 1. The molecule has 1 heterocycles. The molecule has 2 aromatic carbocycles. The maximum absolute atomic E-state index is 13.2. The molecule has 0 saturated heterocycles. The molecular formula is C15H12Cl2FNO. The van der Waals surface area contributed by atoms with Crippen molar-refractivity contribution < 1.29 is 9.13 Å². The molecule has 0 spiro atoms. The molecule has 2 atom stereocenters. The lowest BCUT2D eigenvalue weighted by Crippen LogP contribution is -2.24. The fourth-order valence-corrected chi connectivity index (χ4v) is 2.70. The van der Waals surface area contributed by atoms with Crippen LogP contribution < -0.4 is 10.5 Å². The van der Waals surface area contributed by atoms with Crippen LogP contribution in [0.25, 0.3) is 0 Å². The van der Waals surface area contributed by atoms with E-state index in [1.54, 1.807) is 18.2 Å². The van der Waals surface area contributed by atoms with Gasteiger partial charge in [0.15, 0.2) is 0 Å². The Morgan fingerprint density at radius 2 is 1.90 bits per heavy atom. The first-order valence-electron chi connectivity index (χ1n) is 6.21. The molecule has 3 rings (SSSR count). The number of hydrogen-bond donors (Lipinski definition) is 1. The SMILES string of the molecule is N[C@H]1CC(c2ccc(Cl)c(Cl)c2)Oc2ccc(F)cc21. The molecule has 2 nitrogen and oxygen atoms in total. The zero-order valence-corrected chi connectivity index (χ0v) is 12.0. The molecule has 0 fully saturated rings. The molecule has 0 aromatic heterocycles. The molecule has 1 aliphatic rings. The lowest BCUT2D eigenvalue weighted by molar-refractivity contribution is 0.161. The van der Waals surface area contributed by atoms with Crippen LogP contribution in [-0.2, 0) is 0 Å². The van der Waals surface area contributed by atoms with Gasteiger partial charge in [0.25, 0.3) is 0 Å². The summed E-state index contributed by atoms with van der Waals surface area (Å²) in [6, 6.07) is 9.49. The molecule has 0 radical (unpaired) electrons. The smallest absolute Gasteiger partial charge is 0.126 e. The lowest BCUT2D eigenvalue weighted by Gasteiger charge is -2.30. The van der Waals surface area contributed by atoms with E-state index in [2.05, 4.69) is 0 Å². The van der Waals surface area contributed by atoms with E-state index in [1.807, 2.05) is 6.07 Å². The van der Waals surface area contributed by atoms with Gasteiger partial charge in [-0.1, -0.05) is 29.3 Å². The molecule has 2 aromatic rings. The molecule has 5 heteroatoms. The van der Waals surface area contributed by atoms with Gasteiger partial charge in [-0.2, -0.15) is 0 Å². The summed E-state index contributed by atoms with van der Waals surface area (Å²) in [5, 5.41) is 0.976. The van der Waals surface area contributed by atoms with Gasteiger partial charge in [-0.25, -0.2) is 4.39 Å². The monoisotopic (exact) mass is 311 g/mol. The molecule has 0 bridgehead atoms. The molecule has 0 aliphatic carbocycles. The summed E-state index contributed by atoms with van der Waals surface area (Å²) in [4.78, 5) is 0. The maximum Gasteiger partial charge on any atom is 0.126 e. The van der Waals surface area contributed by atoms with E-state index < -0.39 is 0 Å². The molecular weight excluding hydrogens is 300 g/mol. The highest BCUT2D eigenvalue weighted by molar-refractivity contribution is 6.42. The minimum absolute atomic E-state index is 0.210. The van der Waals surface area contributed by atoms with Crippen LogP contribution in [0.15, 0.2) is 36.4 Å². The van der Waals surface area contributed by atoms with Crippen molar-refractivity contribution in [3.8, 4) is 5.75 Å². The third-order valence-corrected chi connectivity index (χ3v) is 4.16. The second kappa shape index (κ2) is 5.24. The van der Waals surface area contributed by atoms with Crippen LogP contribution in [0, 0.1) is 5.82 Å². The molecule has 20 heavy (non-hydrogen) atoms. The van der Waals surface area contributed by atoms with Crippen LogP contribution in [-0.4, -0.2) is 0 Å². The van der Waals surface area contributed by atoms with Gasteiger partial charge in [-0.3, -0.25) is 0 Å². The van der Waals surface area contributed by atoms with Crippen molar-refractivity contribution in [2.75, 3.05) is 0 Å². The highest BCUT2D eigenvalue weighted by atomic mass is 35.5. The summed E-state index contributed by atoms with van der Waals surface area (Å²) in [5.41, 5.74) is 7.71. The highest BCUT2D eigenvalue weighted by Gasteiger charge is 2.27. The van der Waals surface area contributed by atoms with E-state index in [-0.39, 0.29) is 18.0 Å². The van der Waals surface area contributed by atoms with Gasteiger partial charge in [-0.15, -0.1) is 0 Å². The quantitative estimate of drug-likeness (QED) is 0.831. The summed E-state index contributed by atoms with van der Waals surface area (Å²) in [6.07, 6.45) is 0.353. The van der Waals surface area contributed by atoms with Crippen molar-refractivity contribution in [1.29, 1.82) is 0 Å². The lowest BCUT2D eigenvalue weighted by atomic mass is 9.93. The van der Waals surface area contributed by atoms with Crippen molar-refractivity contribution >= 4 is 23.2 Å². The van der Waals surface area contributed by atoms with Crippen LogP contribution in [0.1, 0.15) is 29.7 Å². The van der Waals surface area contributed by atoms with Gasteiger partial charge >= 0.3 is 0 Å². The number of ether oxygens (including phenoxy) is 1. The van der Waals surface area contributed by atoms with E-state index in [0.717, 1.165) is 5.56 Å². The standard InChI is InChI=1S/C15H12Cl2FNO/c16-11-3-1-8(5-12(11)17)15-7-13(19)10-6-9(18)2-4-14(10)20-15/h1-6,13,15H,7,19H2/t13-,15?/m0/s1. The molecule has 1 aliphatic heterocycles. The number of hydrogen-bond acceptors (Lipinski definition) is 2. The highest BCUT2D eigenvalue weighted by Crippen LogP contribution is 2.40. The summed E-state index contributed by atoms with van der Waals surface area (Å²) in [7, 11) is 0. The Balaban J connectivity index is 1.94. The number of halogens is 3. The molecule has 104 valence electrons. The Labute approximate surface area is 126 Å². The van der Waals surface area contributed by atoms with Gasteiger partial charge in [0.05, 0.1) is 10.0 Å². The Morgan fingerprint density at radius 1 is 1.10 bits per heavy atom. The molecule has 1 unspecified atom stereocenters. The third kappa shape index (κ3) is 2.49. The Kier molecular flexibility index (Phi) is 3.59. The predicted octanol–water partition coefficient (Wildman–Crippen LogP) is 4.66. The van der Waals surface area contributed by atoms with Gasteiger partial charge in [-0.05, 0) is 35.9 Å². The summed E-state index contributed by atoms with van der Waals surface area (Å²) >= 11 is 11.9. The average molecular weight is 312 g/mol. The van der Waals surface area contributed by atoms with Crippen LogP contribution in [0.3, 0.4) is 0 Å². The van der Waals surface area contributed by atoms with Crippen LogP contribution in [0.5, 0.6) is 5.75 Å². The second-order valence-electron chi connectivity index (χ2n) is 4.80. The zero-order valence-electron chi connectivity index (χ0n) is 10.4. The summed E-state index contributed by atoms with van der Waals surface area (Å²) in [5.74, 6) is 0.303. The first kappa shape index (κ1) is 13.7. The largest absolute Gasteiger partial charge is 0.485 e. The first-order valence-corrected chi connectivity index (χ1v) is 6.97. The fourth-order valence-electron chi connectivity index (χ4n) is 2.39. The minimum atomic E-state index is -0.309. The van der Waals surface area contributed by atoms with Crippen LogP contribution in [0.2, 0.25) is 10.0 Å². The Morgan fingerprint density at radius 3 is 2.65 bits per heavy atom. The molecule has 2 N–H and O–H groups in total. The van der Waals surface area contributed by atoms with Crippen molar-refractivity contribution in [1.82, 2.24) is 0 Å². The topological polar surface area (TPSA) is 35.2 Å².